The predicted octanol–water partition coefficient (Wildman–Crippen LogP) is 8.00. The van der Waals surface area contributed by atoms with E-state index in [0.717, 1.165) is 132 Å². The molecule has 3 amide bonds. The Labute approximate surface area is 422 Å². The standard InChI is InChI=1S/C56H71N9O5S/c1-38-50(43-16-12-10-13-17-43)53-59-46(34-49(65(53)61-38)63-29-27-62(28-30-63)31-32-66)42-23-19-40(20-24-42)15-11-8-6-7-9-14-18-48(68)60-52(56(3,4)5)55(70)64-36-45(67)33-47(64)54(69)57-35-41-21-25-44(26-22-41)51-39(2)58-37-71-51/h10,12-13,16-17,19-26,34,37,45,47,52,66-67H,6-9,11,14-15,18,27-33,35-36H2,1-5H3,(H,57,69)(H,60,68)/t45-,47+,52-/m1/s1. The first kappa shape index (κ1) is 51.4. The van der Waals surface area contributed by atoms with E-state index in [4.69, 9.17) is 10.1 Å². The van der Waals surface area contributed by atoms with Gasteiger partial charge in [0.1, 0.15) is 17.9 Å². The summed E-state index contributed by atoms with van der Waals surface area (Å²) in [4.78, 5) is 57.7. The molecule has 0 spiro atoms. The van der Waals surface area contributed by atoms with Crippen molar-refractivity contribution in [2.24, 2.45) is 5.41 Å². The molecule has 0 radical (unpaired) electrons. The van der Waals surface area contributed by atoms with Gasteiger partial charge in [0, 0.05) is 75.8 Å². The molecule has 14 nitrogen and oxygen atoms in total. The maximum absolute atomic E-state index is 14.1. The highest BCUT2D eigenvalue weighted by Gasteiger charge is 2.44. The van der Waals surface area contributed by atoms with Crippen LogP contribution in [0.3, 0.4) is 0 Å². The quantitative estimate of drug-likeness (QED) is 0.0551. The van der Waals surface area contributed by atoms with Gasteiger partial charge in [-0.1, -0.05) is 125 Å². The number of aryl methyl sites for hydroxylation is 3. The number of carbonyl (C=O) groups is 3. The summed E-state index contributed by atoms with van der Waals surface area (Å²) in [6.07, 6.45) is 6.55. The molecular weight excluding hydrogens is 911 g/mol. The summed E-state index contributed by atoms with van der Waals surface area (Å²) in [5.41, 5.74) is 11.4. The Morgan fingerprint density at radius 3 is 2.17 bits per heavy atom. The van der Waals surface area contributed by atoms with Crippen LogP contribution >= 0.6 is 11.3 Å². The van der Waals surface area contributed by atoms with Crippen molar-refractivity contribution in [2.75, 3.05) is 50.8 Å². The molecule has 4 N–H and O–H groups in total. The number of fused-ring (bicyclic) bond motifs is 1. The first-order chi connectivity index (χ1) is 34.3. The van der Waals surface area contributed by atoms with Crippen molar-refractivity contribution < 1.29 is 24.6 Å². The minimum atomic E-state index is -0.844. The van der Waals surface area contributed by atoms with Gasteiger partial charge in [-0.15, -0.1) is 11.3 Å². The molecule has 0 saturated carbocycles. The number of piperazine rings is 1. The summed E-state index contributed by atoms with van der Waals surface area (Å²) in [7, 11) is 0. The number of nitrogens with one attached hydrogen (secondary N) is 2. The van der Waals surface area contributed by atoms with Crippen LogP contribution in [0.4, 0.5) is 5.82 Å². The number of unbranched alkanes of at least 4 members (excludes halogenated alkanes) is 5. The number of aliphatic hydroxyl groups is 2. The Morgan fingerprint density at radius 2 is 1.49 bits per heavy atom. The average molecular weight is 982 g/mol. The maximum Gasteiger partial charge on any atom is 0.246 e. The first-order valence-electron chi connectivity index (χ1n) is 25.5. The van der Waals surface area contributed by atoms with Crippen molar-refractivity contribution >= 4 is 40.5 Å². The largest absolute Gasteiger partial charge is 0.395 e. The second kappa shape index (κ2) is 23.5. The van der Waals surface area contributed by atoms with Crippen molar-refractivity contribution in [2.45, 2.75) is 117 Å². The van der Waals surface area contributed by atoms with Crippen LogP contribution in [0.15, 0.2) is 90.4 Å². The number of nitrogens with zero attached hydrogens (tertiary/aromatic N) is 7. The summed E-state index contributed by atoms with van der Waals surface area (Å²) >= 11 is 1.59. The topological polar surface area (TPSA) is 169 Å². The second-order valence-corrected chi connectivity index (χ2v) is 21.2. The lowest BCUT2D eigenvalue weighted by atomic mass is 9.85. The third kappa shape index (κ3) is 12.7. The van der Waals surface area contributed by atoms with Gasteiger partial charge in [-0.2, -0.15) is 9.61 Å². The van der Waals surface area contributed by atoms with E-state index in [1.54, 1.807) is 11.3 Å². The molecule has 376 valence electrons. The van der Waals surface area contributed by atoms with Crippen LogP contribution in [0.25, 0.3) is 38.5 Å². The molecule has 5 heterocycles. The SMILES string of the molecule is Cc1ncsc1-c1ccc(CNC(=O)[C@@H]2C[C@@H](O)CN2C(=O)[C@@H](NC(=O)CCCCCCCCc2ccc(-c3cc(N4CCN(CCO)CC4)n4nc(C)c(-c5ccccc5)c4n3)cc2)C(C)(C)C)cc1. The number of hydrogen-bond donors (Lipinski definition) is 4. The fraction of sp³-hybridized carbons (Fsp3) is 0.464. The van der Waals surface area contributed by atoms with Gasteiger partial charge in [-0.3, -0.25) is 19.3 Å². The Bertz CT molecular complexity index is 2730. The van der Waals surface area contributed by atoms with Crippen LogP contribution in [0.1, 0.15) is 94.7 Å². The zero-order valence-corrected chi connectivity index (χ0v) is 42.9. The molecule has 6 aromatic rings. The second-order valence-electron chi connectivity index (χ2n) is 20.4. The summed E-state index contributed by atoms with van der Waals surface area (Å²) in [5.74, 6) is 0.173. The van der Waals surface area contributed by atoms with Crippen LogP contribution < -0.4 is 15.5 Å². The Morgan fingerprint density at radius 1 is 0.817 bits per heavy atom. The molecule has 0 aliphatic carbocycles. The van der Waals surface area contributed by atoms with E-state index >= 15 is 0 Å². The third-order valence-electron chi connectivity index (χ3n) is 14.0. The number of aliphatic hydroxyl groups excluding tert-OH is 2. The van der Waals surface area contributed by atoms with Gasteiger partial charge in [0.25, 0.3) is 0 Å². The van der Waals surface area contributed by atoms with E-state index in [9.17, 15) is 24.6 Å². The van der Waals surface area contributed by atoms with Gasteiger partial charge < -0.3 is 30.6 Å². The van der Waals surface area contributed by atoms with Gasteiger partial charge in [-0.25, -0.2) is 9.97 Å². The summed E-state index contributed by atoms with van der Waals surface area (Å²) in [5, 5.41) is 31.1. The number of likely N-dealkylation sites (tertiary alicyclic amines) is 1. The average Bonchev–Trinajstić information content (AvgIpc) is 4.08. The summed E-state index contributed by atoms with van der Waals surface area (Å²) < 4.78 is 2.01. The zero-order chi connectivity index (χ0) is 50.1. The van der Waals surface area contributed by atoms with Gasteiger partial charge in [-0.05, 0) is 60.8 Å². The fourth-order valence-electron chi connectivity index (χ4n) is 9.94. The fourth-order valence-corrected chi connectivity index (χ4v) is 10.8. The van der Waals surface area contributed by atoms with Crippen LogP contribution in [-0.2, 0) is 27.3 Å². The first-order valence-corrected chi connectivity index (χ1v) is 26.3. The van der Waals surface area contributed by atoms with E-state index < -0.39 is 23.6 Å². The van der Waals surface area contributed by atoms with Crippen molar-refractivity contribution in [3.8, 4) is 32.8 Å². The number of anilines is 1. The van der Waals surface area contributed by atoms with E-state index in [2.05, 4.69) is 86.9 Å². The molecule has 0 bridgehead atoms. The van der Waals surface area contributed by atoms with E-state index in [-0.39, 0.29) is 43.8 Å². The molecule has 3 atom stereocenters. The van der Waals surface area contributed by atoms with Crippen LogP contribution in [0.5, 0.6) is 0 Å². The highest BCUT2D eigenvalue weighted by molar-refractivity contribution is 7.13. The monoisotopic (exact) mass is 982 g/mol. The lowest BCUT2D eigenvalue weighted by Crippen LogP contribution is -2.57. The summed E-state index contributed by atoms with van der Waals surface area (Å²) in [6.45, 7) is 14.4. The molecule has 15 heteroatoms. The molecule has 3 aromatic carbocycles. The Hall–Kier alpha value is -6.00. The molecule has 8 rings (SSSR count). The highest BCUT2D eigenvalue weighted by atomic mass is 32.1. The number of thiazole rings is 1. The molecule has 0 unspecified atom stereocenters. The minimum Gasteiger partial charge on any atom is -0.395 e. The molecule has 2 saturated heterocycles. The number of amides is 3. The lowest BCUT2D eigenvalue weighted by molar-refractivity contribution is -0.144. The number of benzene rings is 3. The smallest absolute Gasteiger partial charge is 0.246 e. The molecule has 2 fully saturated rings. The van der Waals surface area contributed by atoms with Gasteiger partial charge in [0.15, 0.2) is 5.65 Å². The van der Waals surface area contributed by atoms with Gasteiger partial charge >= 0.3 is 0 Å². The van der Waals surface area contributed by atoms with Gasteiger partial charge in [0.2, 0.25) is 17.7 Å². The van der Waals surface area contributed by atoms with Crippen LogP contribution in [-0.4, -0.2) is 121 Å². The predicted molar refractivity (Wildman–Crippen MR) is 282 cm³/mol. The Balaban J connectivity index is 0.785. The van der Waals surface area contributed by atoms with Crippen molar-refractivity contribution in [3.05, 3.63) is 113 Å². The Kier molecular flexibility index (Phi) is 17.0. The summed E-state index contributed by atoms with van der Waals surface area (Å²) in [6, 6.07) is 27.6. The van der Waals surface area contributed by atoms with Crippen LogP contribution in [0, 0.1) is 19.3 Å². The van der Waals surface area contributed by atoms with E-state index in [1.165, 1.54) is 10.5 Å². The maximum atomic E-state index is 14.1. The third-order valence-corrected chi connectivity index (χ3v) is 15.0. The van der Waals surface area contributed by atoms with Crippen molar-refractivity contribution in [1.29, 1.82) is 0 Å². The molecule has 3 aromatic heterocycles. The van der Waals surface area contributed by atoms with Crippen LogP contribution in [0.2, 0.25) is 0 Å². The number of hydrogen-bond acceptors (Lipinski definition) is 11. The normalized spacial score (nSPS) is 16.9. The number of aromatic nitrogens is 4. The molecule has 71 heavy (non-hydrogen) atoms. The van der Waals surface area contributed by atoms with E-state index in [1.807, 2.05) is 68.1 Å². The van der Waals surface area contributed by atoms with Crippen molar-refractivity contribution in [3.63, 3.8) is 0 Å². The number of rotatable bonds is 20. The van der Waals surface area contributed by atoms with Crippen molar-refractivity contribution in [1.82, 2.24) is 40.0 Å². The number of β-amino-alcohol motifs (C(OH)–C–C–N with tert-alkyl or cyclic N) is 2. The lowest BCUT2D eigenvalue weighted by Gasteiger charge is -2.35. The van der Waals surface area contributed by atoms with E-state index in [0.29, 0.717) is 13.0 Å². The zero-order valence-electron chi connectivity index (χ0n) is 42.1. The molecule has 2 aliphatic heterocycles. The molecule has 2 aliphatic rings. The molecular formula is C56H71N9O5S. The highest BCUT2D eigenvalue weighted by Crippen LogP contribution is 2.34. The number of carbonyl (C=O) groups excluding carboxylic acids is 3. The minimum absolute atomic E-state index is 0.0395. The van der Waals surface area contributed by atoms with Gasteiger partial charge in [0.05, 0.1) is 40.2 Å².